The summed E-state index contributed by atoms with van der Waals surface area (Å²) in [5, 5.41) is 0.370. The predicted octanol–water partition coefficient (Wildman–Crippen LogP) is 2.45. The molecule has 0 amide bonds. The molecule has 0 fully saturated rings. The maximum atomic E-state index is 12.2. The van der Waals surface area contributed by atoms with Gasteiger partial charge in [-0.2, -0.15) is 0 Å². The van der Waals surface area contributed by atoms with Crippen molar-refractivity contribution in [1.82, 2.24) is 4.98 Å². The minimum absolute atomic E-state index is 0.149. The van der Waals surface area contributed by atoms with E-state index in [2.05, 4.69) is 9.71 Å². The SMILES string of the molecule is Cc1cc(N)cc(S(=O)(=O)Nc2nc(C)c(C)s2)c1. The van der Waals surface area contributed by atoms with E-state index < -0.39 is 10.0 Å². The van der Waals surface area contributed by atoms with Gasteiger partial charge in [-0.1, -0.05) is 0 Å². The fourth-order valence-electron chi connectivity index (χ4n) is 1.62. The molecule has 19 heavy (non-hydrogen) atoms. The van der Waals surface area contributed by atoms with Gasteiger partial charge >= 0.3 is 0 Å². The first-order chi connectivity index (χ1) is 8.78. The van der Waals surface area contributed by atoms with Crippen LogP contribution >= 0.6 is 11.3 Å². The van der Waals surface area contributed by atoms with Gasteiger partial charge in [0.2, 0.25) is 0 Å². The Labute approximate surface area is 116 Å². The van der Waals surface area contributed by atoms with Crippen molar-refractivity contribution in [2.24, 2.45) is 0 Å². The number of rotatable bonds is 3. The van der Waals surface area contributed by atoms with Gasteiger partial charge in [-0.05, 0) is 44.5 Å². The van der Waals surface area contributed by atoms with Gasteiger partial charge in [-0.3, -0.25) is 4.72 Å². The lowest BCUT2D eigenvalue weighted by molar-refractivity contribution is 0.601. The summed E-state index contributed by atoms with van der Waals surface area (Å²) in [7, 11) is -3.64. The molecule has 0 aliphatic rings. The van der Waals surface area contributed by atoms with E-state index in [9.17, 15) is 8.42 Å². The highest BCUT2D eigenvalue weighted by Gasteiger charge is 2.17. The van der Waals surface area contributed by atoms with Crippen molar-refractivity contribution in [2.45, 2.75) is 25.7 Å². The van der Waals surface area contributed by atoms with Crippen molar-refractivity contribution in [3.05, 3.63) is 34.3 Å². The Morgan fingerprint density at radius 2 is 1.89 bits per heavy atom. The van der Waals surface area contributed by atoms with E-state index in [1.54, 1.807) is 19.1 Å². The second-order valence-corrected chi connectivity index (χ2v) is 7.23. The van der Waals surface area contributed by atoms with E-state index in [1.165, 1.54) is 17.4 Å². The molecule has 5 nitrogen and oxygen atoms in total. The van der Waals surface area contributed by atoms with E-state index >= 15 is 0 Å². The molecule has 0 saturated carbocycles. The molecule has 3 N–H and O–H groups in total. The monoisotopic (exact) mass is 297 g/mol. The lowest BCUT2D eigenvalue weighted by atomic mass is 10.2. The summed E-state index contributed by atoms with van der Waals surface area (Å²) in [4.78, 5) is 5.30. The first-order valence-electron chi connectivity index (χ1n) is 5.62. The Morgan fingerprint density at radius 3 is 2.42 bits per heavy atom. The molecule has 0 atom stereocenters. The summed E-state index contributed by atoms with van der Waals surface area (Å²) in [5.41, 5.74) is 7.72. The quantitative estimate of drug-likeness (QED) is 0.852. The highest BCUT2D eigenvalue weighted by Crippen LogP contribution is 2.25. The van der Waals surface area contributed by atoms with E-state index in [0.717, 1.165) is 16.1 Å². The Kier molecular flexibility index (Phi) is 3.51. The van der Waals surface area contributed by atoms with Crippen LogP contribution in [0.2, 0.25) is 0 Å². The number of anilines is 2. The molecule has 0 aliphatic carbocycles. The lowest BCUT2D eigenvalue weighted by Gasteiger charge is -2.07. The summed E-state index contributed by atoms with van der Waals surface area (Å²) < 4.78 is 26.9. The van der Waals surface area contributed by atoms with Crippen LogP contribution in [0.25, 0.3) is 0 Å². The molecule has 7 heteroatoms. The van der Waals surface area contributed by atoms with E-state index in [1.807, 2.05) is 13.8 Å². The standard InChI is InChI=1S/C12H15N3O2S2/c1-7-4-10(13)6-11(5-7)19(16,17)15-12-14-8(2)9(3)18-12/h4-6H,13H2,1-3H3,(H,14,15). The molecule has 0 saturated heterocycles. The smallest absolute Gasteiger partial charge is 0.263 e. The van der Waals surface area contributed by atoms with Crippen LogP contribution < -0.4 is 10.5 Å². The van der Waals surface area contributed by atoms with Crippen LogP contribution in [0.15, 0.2) is 23.1 Å². The molecular weight excluding hydrogens is 282 g/mol. The number of aryl methyl sites for hydroxylation is 3. The third-order valence-electron chi connectivity index (χ3n) is 2.63. The Balaban J connectivity index is 2.37. The van der Waals surface area contributed by atoms with Crippen LogP contribution in [0.3, 0.4) is 0 Å². The van der Waals surface area contributed by atoms with Gasteiger partial charge in [0.1, 0.15) is 0 Å². The van der Waals surface area contributed by atoms with Crippen LogP contribution in [0.4, 0.5) is 10.8 Å². The van der Waals surface area contributed by atoms with Gasteiger partial charge in [0.25, 0.3) is 10.0 Å². The molecule has 0 bridgehead atoms. The number of benzene rings is 1. The van der Waals surface area contributed by atoms with Gasteiger partial charge in [0.15, 0.2) is 5.13 Å². The van der Waals surface area contributed by atoms with Gasteiger partial charge < -0.3 is 5.73 Å². The zero-order chi connectivity index (χ0) is 14.2. The Hall–Kier alpha value is -1.60. The zero-order valence-corrected chi connectivity index (χ0v) is 12.5. The number of hydrogen-bond donors (Lipinski definition) is 2. The highest BCUT2D eigenvalue weighted by molar-refractivity contribution is 7.93. The fourth-order valence-corrected chi connectivity index (χ4v) is 3.81. The molecule has 2 aromatic rings. The first kappa shape index (κ1) is 13.8. The summed E-state index contributed by atoms with van der Waals surface area (Å²) in [6.07, 6.45) is 0. The molecular formula is C12H15N3O2S2. The largest absolute Gasteiger partial charge is 0.399 e. The van der Waals surface area contributed by atoms with Gasteiger partial charge in [0.05, 0.1) is 10.6 Å². The highest BCUT2D eigenvalue weighted by atomic mass is 32.2. The molecule has 0 radical (unpaired) electrons. The molecule has 0 aliphatic heterocycles. The lowest BCUT2D eigenvalue weighted by Crippen LogP contribution is -2.13. The second kappa shape index (κ2) is 4.82. The molecule has 0 spiro atoms. The molecule has 1 heterocycles. The predicted molar refractivity (Wildman–Crippen MR) is 78.0 cm³/mol. The third-order valence-corrected chi connectivity index (χ3v) is 5.07. The van der Waals surface area contributed by atoms with Crippen molar-refractivity contribution < 1.29 is 8.42 Å². The fraction of sp³-hybridized carbons (Fsp3) is 0.250. The second-order valence-electron chi connectivity index (χ2n) is 4.35. The van der Waals surface area contributed by atoms with Crippen LogP contribution in [0.1, 0.15) is 16.1 Å². The van der Waals surface area contributed by atoms with Gasteiger partial charge in [-0.25, -0.2) is 13.4 Å². The summed E-state index contributed by atoms with van der Waals surface area (Å²) in [5.74, 6) is 0. The van der Waals surface area contributed by atoms with Crippen LogP contribution in [-0.4, -0.2) is 13.4 Å². The molecule has 102 valence electrons. The number of nitrogen functional groups attached to an aromatic ring is 1. The minimum atomic E-state index is -3.64. The first-order valence-corrected chi connectivity index (χ1v) is 7.92. The van der Waals surface area contributed by atoms with Crippen LogP contribution in [0, 0.1) is 20.8 Å². The molecule has 0 unspecified atom stereocenters. The van der Waals surface area contributed by atoms with Crippen molar-refractivity contribution in [3.63, 3.8) is 0 Å². The van der Waals surface area contributed by atoms with Crippen molar-refractivity contribution in [1.29, 1.82) is 0 Å². The number of nitrogens with two attached hydrogens (primary N) is 1. The normalized spacial score (nSPS) is 11.5. The van der Waals surface area contributed by atoms with Crippen molar-refractivity contribution in [2.75, 3.05) is 10.5 Å². The maximum absolute atomic E-state index is 12.2. The summed E-state index contributed by atoms with van der Waals surface area (Å²) in [6.45, 7) is 5.54. The third kappa shape index (κ3) is 3.05. The Morgan fingerprint density at radius 1 is 1.21 bits per heavy atom. The molecule has 2 rings (SSSR count). The zero-order valence-electron chi connectivity index (χ0n) is 10.9. The topological polar surface area (TPSA) is 85.1 Å². The number of aromatic nitrogens is 1. The molecule has 1 aromatic carbocycles. The number of hydrogen-bond acceptors (Lipinski definition) is 5. The van der Waals surface area contributed by atoms with Gasteiger partial charge in [0, 0.05) is 10.6 Å². The van der Waals surface area contributed by atoms with Gasteiger partial charge in [-0.15, -0.1) is 11.3 Å². The number of nitrogens with one attached hydrogen (secondary N) is 1. The Bertz CT molecular complexity index is 681. The average Bonchev–Trinajstić information content (AvgIpc) is 2.55. The number of nitrogens with zero attached hydrogens (tertiary/aromatic N) is 1. The van der Waals surface area contributed by atoms with E-state index in [4.69, 9.17) is 5.73 Å². The summed E-state index contributed by atoms with van der Waals surface area (Å²) in [6, 6.07) is 4.73. The average molecular weight is 297 g/mol. The van der Waals surface area contributed by atoms with Crippen LogP contribution in [-0.2, 0) is 10.0 Å². The van der Waals surface area contributed by atoms with E-state index in [0.29, 0.717) is 10.8 Å². The minimum Gasteiger partial charge on any atom is -0.399 e. The molecule has 1 aromatic heterocycles. The van der Waals surface area contributed by atoms with Crippen molar-refractivity contribution >= 4 is 32.2 Å². The maximum Gasteiger partial charge on any atom is 0.263 e. The number of thiazole rings is 1. The van der Waals surface area contributed by atoms with E-state index in [-0.39, 0.29) is 4.90 Å². The van der Waals surface area contributed by atoms with Crippen LogP contribution in [0.5, 0.6) is 0 Å². The summed E-state index contributed by atoms with van der Waals surface area (Å²) >= 11 is 1.31. The number of sulfonamides is 1. The van der Waals surface area contributed by atoms with Crippen molar-refractivity contribution in [3.8, 4) is 0 Å².